The Labute approximate surface area is 172 Å². The summed E-state index contributed by atoms with van der Waals surface area (Å²) >= 11 is 0. The standard InChI is InChI=1S/C22H31N5O2/c1-16-13-25(2)20-10-5-4-7-17(20)15-27(16)22(28)23-19-9-6-8-18-14-26(11-12-29-3)24-21(18)19/h4-5,7,10,14,16,19H,6,8-9,11-13,15H2,1-3H3,(H,23,28)/t16-,19?/m0/s1. The number of anilines is 1. The molecule has 156 valence electrons. The molecule has 1 aliphatic heterocycles. The maximum absolute atomic E-state index is 13.3. The Balaban J connectivity index is 1.50. The van der Waals surface area contributed by atoms with Gasteiger partial charge in [-0.25, -0.2) is 4.79 Å². The number of ether oxygens (including phenoxy) is 1. The van der Waals surface area contributed by atoms with Crippen LogP contribution in [0.4, 0.5) is 10.5 Å². The summed E-state index contributed by atoms with van der Waals surface area (Å²) < 4.78 is 7.11. The van der Waals surface area contributed by atoms with Crippen molar-refractivity contribution in [3.05, 3.63) is 47.3 Å². The zero-order valence-electron chi connectivity index (χ0n) is 17.6. The molecule has 2 heterocycles. The number of para-hydroxylation sites is 1. The highest BCUT2D eigenvalue weighted by molar-refractivity contribution is 5.76. The van der Waals surface area contributed by atoms with Crippen molar-refractivity contribution < 1.29 is 9.53 Å². The number of aromatic nitrogens is 2. The molecule has 0 saturated carbocycles. The number of hydrogen-bond acceptors (Lipinski definition) is 4. The van der Waals surface area contributed by atoms with Crippen LogP contribution < -0.4 is 10.2 Å². The first-order valence-corrected chi connectivity index (χ1v) is 10.5. The third kappa shape index (κ3) is 4.10. The molecular formula is C22H31N5O2. The lowest BCUT2D eigenvalue weighted by Crippen LogP contribution is -2.48. The van der Waals surface area contributed by atoms with Crippen LogP contribution in [0.3, 0.4) is 0 Å². The predicted octanol–water partition coefficient (Wildman–Crippen LogP) is 2.96. The molecule has 1 aliphatic carbocycles. The number of fused-ring (bicyclic) bond motifs is 2. The van der Waals surface area contributed by atoms with E-state index in [1.54, 1.807) is 7.11 Å². The summed E-state index contributed by atoms with van der Waals surface area (Å²) in [5.74, 6) is 0. The first-order valence-electron chi connectivity index (χ1n) is 10.5. The Hall–Kier alpha value is -2.54. The van der Waals surface area contributed by atoms with Crippen LogP contribution >= 0.6 is 0 Å². The van der Waals surface area contributed by atoms with Crippen molar-refractivity contribution in [2.75, 3.05) is 32.2 Å². The van der Waals surface area contributed by atoms with Gasteiger partial charge in [0.1, 0.15) is 0 Å². The van der Waals surface area contributed by atoms with E-state index < -0.39 is 0 Å². The highest BCUT2D eigenvalue weighted by atomic mass is 16.5. The van der Waals surface area contributed by atoms with Gasteiger partial charge in [0, 0.05) is 45.2 Å². The minimum Gasteiger partial charge on any atom is -0.383 e. The van der Waals surface area contributed by atoms with Crippen molar-refractivity contribution in [1.29, 1.82) is 0 Å². The van der Waals surface area contributed by atoms with Gasteiger partial charge in [-0.05, 0) is 43.4 Å². The van der Waals surface area contributed by atoms with Gasteiger partial charge in [0.25, 0.3) is 0 Å². The van der Waals surface area contributed by atoms with E-state index in [1.165, 1.54) is 16.8 Å². The lowest BCUT2D eigenvalue weighted by Gasteiger charge is -2.31. The Morgan fingerprint density at radius 2 is 2.14 bits per heavy atom. The van der Waals surface area contributed by atoms with Crippen molar-refractivity contribution in [2.24, 2.45) is 0 Å². The van der Waals surface area contributed by atoms with Gasteiger partial charge in [0.15, 0.2) is 0 Å². The van der Waals surface area contributed by atoms with E-state index in [2.05, 4.69) is 48.6 Å². The Morgan fingerprint density at radius 3 is 2.97 bits per heavy atom. The summed E-state index contributed by atoms with van der Waals surface area (Å²) in [5, 5.41) is 8.03. The Morgan fingerprint density at radius 1 is 1.31 bits per heavy atom. The van der Waals surface area contributed by atoms with Gasteiger partial charge >= 0.3 is 6.03 Å². The number of methoxy groups -OCH3 is 1. The minimum absolute atomic E-state index is 0.00751. The van der Waals surface area contributed by atoms with Gasteiger partial charge in [0.05, 0.1) is 24.9 Å². The highest BCUT2D eigenvalue weighted by Crippen LogP contribution is 2.30. The van der Waals surface area contributed by atoms with E-state index in [0.717, 1.165) is 38.0 Å². The second-order valence-corrected chi connectivity index (χ2v) is 8.18. The summed E-state index contributed by atoms with van der Waals surface area (Å²) in [5.41, 5.74) is 4.64. The van der Waals surface area contributed by atoms with Gasteiger partial charge in [0.2, 0.25) is 0 Å². The molecule has 0 radical (unpaired) electrons. The summed E-state index contributed by atoms with van der Waals surface area (Å²) in [4.78, 5) is 17.5. The molecule has 1 N–H and O–H groups in total. The Kier molecular flexibility index (Phi) is 5.76. The van der Waals surface area contributed by atoms with Gasteiger partial charge in [-0.2, -0.15) is 5.10 Å². The fourth-order valence-electron chi connectivity index (χ4n) is 4.49. The van der Waals surface area contributed by atoms with E-state index in [-0.39, 0.29) is 18.1 Å². The average molecular weight is 398 g/mol. The fourth-order valence-corrected chi connectivity index (χ4v) is 4.49. The maximum Gasteiger partial charge on any atom is 0.318 e. The van der Waals surface area contributed by atoms with Crippen molar-refractivity contribution in [1.82, 2.24) is 20.0 Å². The summed E-state index contributed by atoms with van der Waals surface area (Å²) in [6.45, 7) is 4.92. The molecule has 2 aliphatic rings. The molecule has 7 nitrogen and oxygen atoms in total. The van der Waals surface area contributed by atoms with Gasteiger partial charge < -0.3 is 19.9 Å². The predicted molar refractivity (Wildman–Crippen MR) is 113 cm³/mol. The number of urea groups is 1. The van der Waals surface area contributed by atoms with Crippen molar-refractivity contribution in [2.45, 2.75) is 51.4 Å². The first-order chi connectivity index (χ1) is 14.1. The van der Waals surface area contributed by atoms with Crippen LogP contribution in [0.2, 0.25) is 0 Å². The van der Waals surface area contributed by atoms with Crippen molar-refractivity contribution in [3.8, 4) is 0 Å². The Bertz CT molecular complexity index is 865. The normalized spacial score (nSPS) is 21.3. The molecule has 0 spiro atoms. The minimum atomic E-state index is -0.0292. The quantitative estimate of drug-likeness (QED) is 0.862. The number of carbonyl (C=O) groups is 1. The van der Waals surface area contributed by atoms with Crippen LogP contribution in [0.5, 0.6) is 0 Å². The lowest BCUT2D eigenvalue weighted by atomic mass is 9.94. The number of rotatable bonds is 4. The SMILES string of the molecule is COCCn1cc2c(n1)C(NC(=O)N1Cc3ccccc3N(C)C[C@@H]1C)CCC2. The number of nitrogens with zero attached hydrogens (tertiary/aromatic N) is 4. The summed E-state index contributed by atoms with van der Waals surface area (Å²) in [7, 11) is 3.79. The number of hydrogen-bond donors (Lipinski definition) is 1. The van der Waals surface area contributed by atoms with Gasteiger partial charge in [-0.15, -0.1) is 0 Å². The monoisotopic (exact) mass is 397 g/mol. The number of aryl methyl sites for hydroxylation is 1. The molecule has 0 fully saturated rings. The number of likely N-dealkylation sites (N-methyl/N-ethyl adjacent to an activating group) is 1. The van der Waals surface area contributed by atoms with E-state index in [9.17, 15) is 4.79 Å². The zero-order chi connectivity index (χ0) is 20.4. The molecule has 4 rings (SSSR count). The first kappa shape index (κ1) is 19.8. The highest BCUT2D eigenvalue weighted by Gasteiger charge is 2.31. The molecule has 29 heavy (non-hydrogen) atoms. The molecule has 7 heteroatoms. The average Bonchev–Trinajstić information content (AvgIpc) is 3.09. The molecular weight excluding hydrogens is 366 g/mol. The van der Waals surface area contributed by atoms with Gasteiger partial charge in [-0.1, -0.05) is 18.2 Å². The van der Waals surface area contributed by atoms with E-state index in [1.807, 2.05) is 15.6 Å². The third-order valence-corrected chi connectivity index (χ3v) is 6.04. The molecule has 0 bridgehead atoms. The molecule has 2 aromatic rings. The third-order valence-electron chi connectivity index (χ3n) is 6.04. The molecule has 1 unspecified atom stereocenters. The van der Waals surface area contributed by atoms with Crippen molar-refractivity contribution >= 4 is 11.7 Å². The molecule has 2 amide bonds. The topological polar surface area (TPSA) is 62.6 Å². The fraction of sp³-hybridized carbons (Fsp3) is 0.545. The zero-order valence-corrected chi connectivity index (χ0v) is 17.6. The second kappa shape index (κ2) is 8.45. The smallest absolute Gasteiger partial charge is 0.318 e. The van der Waals surface area contributed by atoms with Crippen molar-refractivity contribution in [3.63, 3.8) is 0 Å². The van der Waals surface area contributed by atoms with E-state index >= 15 is 0 Å². The van der Waals surface area contributed by atoms with Crippen LogP contribution in [-0.4, -0.2) is 54.1 Å². The molecule has 1 aromatic heterocycles. The number of amides is 2. The number of nitrogens with one attached hydrogen (secondary N) is 1. The summed E-state index contributed by atoms with van der Waals surface area (Å²) in [6.07, 6.45) is 5.12. The molecule has 2 atom stereocenters. The lowest BCUT2D eigenvalue weighted by molar-refractivity contribution is 0.172. The van der Waals surface area contributed by atoms with E-state index in [0.29, 0.717) is 13.2 Å². The van der Waals surface area contributed by atoms with E-state index in [4.69, 9.17) is 9.84 Å². The van der Waals surface area contributed by atoms with Crippen LogP contribution in [-0.2, 0) is 24.2 Å². The largest absolute Gasteiger partial charge is 0.383 e. The van der Waals surface area contributed by atoms with Gasteiger partial charge in [-0.3, -0.25) is 4.68 Å². The maximum atomic E-state index is 13.3. The number of carbonyl (C=O) groups excluding carboxylic acids is 1. The van der Waals surface area contributed by atoms with Crippen LogP contribution in [0.25, 0.3) is 0 Å². The molecule has 1 aromatic carbocycles. The van der Waals surface area contributed by atoms with Crippen LogP contribution in [0, 0.1) is 0 Å². The van der Waals surface area contributed by atoms with Crippen LogP contribution in [0.15, 0.2) is 30.5 Å². The summed E-state index contributed by atoms with van der Waals surface area (Å²) in [6, 6.07) is 8.42. The number of benzene rings is 1. The second-order valence-electron chi connectivity index (χ2n) is 8.18. The van der Waals surface area contributed by atoms with Crippen LogP contribution in [0.1, 0.15) is 42.6 Å². The molecule has 0 saturated heterocycles.